The Hall–Kier alpha value is -1.82. The molecule has 2 heterocycles. The molecule has 1 aromatic rings. The second-order valence-electron chi connectivity index (χ2n) is 3.41. The Labute approximate surface area is 92.5 Å². The van der Waals surface area contributed by atoms with Crippen LogP contribution in [0.5, 0.6) is 0 Å². The van der Waals surface area contributed by atoms with Crippen LogP contribution in [0, 0.1) is 0 Å². The first-order chi connectivity index (χ1) is 7.52. The molecule has 1 atom stereocenters. The summed E-state index contributed by atoms with van der Waals surface area (Å²) in [5.41, 5.74) is 1.41. The van der Waals surface area contributed by atoms with Gasteiger partial charge in [-0.15, -0.1) is 0 Å². The van der Waals surface area contributed by atoms with Crippen LogP contribution in [-0.2, 0) is 16.1 Å². The lowest BCUT2D eigenvalue weighted by Gasteiger charge is -2.22. The van der Waals surface area contributed by atoms with Gasteiger partial charge in [0, 0.05) is 31.0 Å². The van der Waals surface area contributed by atoms with Gasteiger partial charge >= 0.3 is 11.9 Å². The zero-order chi connectivity index (χ0) is 12.1. The number of aliphatic carboxylic acids is 2. The summed E-state index contributed by atoms with van der Waals surface area (Å²) >= 11 is 0. The fourth-order valence-corrected chi connectivity index (χ4v) is 1.53. The van der Waals surface area contributed by atoms with Crippen LogP contribution < -0.4 is 5.32 Å². The second kappa shape index (κ2) is 5.32. The minimum atomic E-state index is -1.82. The number of nitrogens with one attached hydrogen (secondary N) is 1. The van der Waals surface area contributed by atoms with Crippen molar-refractivity contribution in [2.24, 2.45) is 0 Å². The molecule has 1 unspecified atom stereocenters. The third kappa shape index (κ3) is 3.09. The average molecular weight is 226 g/mol. The summed E-state index contributed by atoms with van der Waals surface area (Å²) in [4.78, 5) is 18.2. The van der Waals surface area contributed by atoms with Gasteiger partial charge in [0.1, 0.15) is 0 Å². The predicted octanol–water partition coefficient (Wildman–Crippen LogP) is 0.308. The molecule has 0 aliphatic carbocycles. The lowest BCUT2D eigenvalue weighted by molar-refractivity contribution is -0.159. The van der Waals surface area contributed by atoms with E-state index in [0.717, 1.165) is 13.1 Å². The molecular weight excluding hydrogens is 212 g/mol. The number of carboxylic acids is 2. The lowest BCUT2D eigenvalue weighted by Crippen LogP contribution is -2.30. The predicted molar refractivity (Wildman–Crippen MR) is 56.1 cm³/mol. The van der Waals surface area contributed by atoms with Crippen LogP contribution in [0.1, 0.15) is 18.7 Å². The zero-order valence-corrected chi connectivity index (χ0v) is 8.88. The summed E-state index contributed by atoms with van der Waals surface area (Å²) in [6.07, 6.45) is 2.15. The molecule has 2 rings (SSSR count). The highest BCUT2D eigenvalue weighted by atomic mass is 16.4. The van der Waals surface area contributed by atoms with Crippen LogP contribution in [0.15, 0.2) is 18.3 Å². The highest BCUT2D eigenvalue weighted by Gasteiger charge is 2.12. The van der Waals surface area contributed by atoms with Gasteiger partial charge in [0.2, 0.25) is 0 Å². The lowest BCUT2D eigenvalue weighted by atomic mass is 10.2. The molecule has 0 bridgehead atoms. The van der Waals surface area contributed by atoms with E-state index in [1.165, 1.54) is 5.69 Å². The zero-order valence-electron chi connectivity index (χ0n) is 8.88. The number of nitrogens with zero attached hydrogens (tertiary/aromatic N) is 1. The second-order valence-corrected chi connectivity index (χ2v) is 3.41. The molecule has 1 aromatic heterocycles. The number of aromatic nitrogens is 1. The SMILES string of the molecule is CC1NCCn2cccc21.O=C(O)C(=O)O. The molecule has 0 amide bonds. The Bertz CT molecular complexity index is 374. The van der Waals surface area contributed by atoms with Crippen molar-refractivity contribution >= 4 is 11.9 Å². The molecular formula is C10H14N2O4. The van der Waals surface area contributed by atoms with Gasteiger partial charge in [-0.2, -0.15) is 0 Å². The number of carboxylic acid groups (broad SMARTS) is 2. The third-order valence-electron chi connectivity index (χ3n) is 2.29. The van der Waals surface area contributed by atoms with Crippen LogP contribution in [0.4, 0.5) is 0 Å². The maximum atomic E-state index is 9.10. The first-order valence-electron chi connectivity index (χ1n) is 4.87. The standard InChI is InChI=1S/C8H12N2.C2H2O4/c1-7-8-3-2-5-10(8)6-4-9-7;3-1(4)2(5)6/h2-3,5,7,9H,4,6H2,1H3;(H,3,4)(H,5,6). The summed E-state index contributed by atoms with van der Waals surface area (Å²) < 4.78 is 2.31. The summed E-state index contributed by atoms with van der Waals surface area (Å²) in [5, 5.41) is 18.2. The van der Waals surface area contributed by atoms with Gasteiger partial charge in [-0.05, 0) is 19.1 Å². The highest BCUT2D eigenvalue weighted by molar-refractivity contribution is 6.27. The van der Waals surface area contributed by atoms with Crippen molar-refractivity contribution in [3.63, 3.8) is 0 Å². The van der Waals surface area contributed by atoms with Crippen molar-refractivity contribution in [1.29, 1.82) is 0 Å². The van der Waals surface area contributed by atoms with Crippen molar-refractivity contribution in [1.82, 2.24) is 9.88 Å². The fraction of sp³-hybridized carbons (Fsp3) is 0.400. The molecule has 0 aromatic carbocycles. The van der Waals surface area contributed by atoms with Gasteiger partial charge in [-0.1, -0.05) is 0 Å². The van der Waals surface area contributed by atoms with E-state index in [4.69, 9.17) is 19.8 Å². The van der Waals surface area contributed by atoms with Gasteiger partial charge < -0.3 is 20.1 Å². The van der Waals surface area contributed by atoms with E-state index in [2.05, 4.69) is 35.1 Å². The van der Waals surface area contributed by atoms with Crippen LogP contribution in [0.3, 0.4) is 0 Å². The maximum absolute atomic E-state index is 9.10. The summed E-state index contributed by atoms with van der Waals surface area (Å²) in [5.74, 6) is -3.65. The number of hydrogen-bond acceptors (Lipinski definition) is 3. The molecule has 88 valence electrons. The van der Waals surface area contributed by atoms with Gasteiger partial charge in [-0.25, -0.2) is 9.59 Å². The molecule has 0 saturated heterocycles. The van der Waals surface area contributed by atoms with Crippen LogP contribution in [-0.4, -0.2) is 33.3 Å². The van der Waals surface area contributed by atoms with Crippen LogP contribution >= 0.6 is 0 Å². The Morgan fingerprint density at radius 3 is 2.56 bits per heavy atom. The van der Waals surface area contributed by atoms with Crippen molar-refractivity contribution in [2.45, 2.75) is 19.5 Å². The van der Waals surface area contributed by atoms with Crippen molar-refractivity contribution < 1.29 is 19.8 Å². The molecule has 3 N–H and O–H groups in total. The maximum Gasteiger partial charge on any atom is 0.414 e. The van der Waals surface area contributed by atoms with E-state index in [0.29, 0.717) is 6.04 Å². The topological polar surface area (TPSA) is 91.6 Å². The summed E-state index contributed by atoms with van der Waals surface area (Å²) in [7, 11) is 0. The number of fused-ring (bicyclic) bond motifs is 1. The minimum absolute atomic E-state index is 0.531. The van der Waals surface area contributed by atoms with E-state index in [-0.39, 0.29) is 0 Å². The molecule has 0 radical (unpaired) electrons. The Kier molecular flexibility index (Phi) is 4.07. The monoisotopic (exact) mass is 226 g/mol. The molecule has 0 saturated carbocycles. The molecule has 1 aliphatic heterocycles. The molecule has 6 heteroatoms. The smallest absolute Gasteiger partial charge is 0.414 e. The molecule has 6 nitrogen and oxygen atoms in total. The summed E-state index contributed by atoms with van der Waals surface area (Å²) in [6, 6.07) is 4.82. The van der Waals surface area contributed by atoms with Crippen molar-refractivity contribution in [3.05, 3.63) is 24.0 Å². The first-order valence-corrected chi connectivity index (χ1v) is 4.87. The average Bonchev–Trinajstić information content (AvgIpc) is 2.68. The number of hydrogen-bond donors (Lipinski definition) is 3. The fourth-order valence-electron chi connectivity index (χ4n) is 1.53. The van der Waals surface area contributed by atoms with E-state index in [9.17, 15) is 0 Å². The Morgan fingerprint density at radius 1 is 1.44 bits per heavy atom. The number of carbonyl (C=O) groups is 2. The van der Waals surface area contributed by atoms with Gasteiger partial charge in [0.05, 0.1) is 0 Å². The Morgan fingerprint density at radius 2 is 2.06 bits per heavy atom. The largest absolute Gasteiger partial charge is 0.473 e. The van der Waals surface area contributed by atoms with E-state index < -0.39 is 11.9 Å². The van der Waals surface area contributed by atoms with Gasteiger partial charge in [-0.3, -0.25) is 0 Å². The van der Waals surface area contributed by atoms with E-state index in [1.807, 2.05) is 0 Å². The highest BCUT2D eigenvalue weighted by Crippen LogP contribution is 2.15. The van der Waals surface area contributed by atoms with Gasteiger partial charge in [0.15, 0.2) is 0 Å². The number of rotatable bonds is 0. The Balaban J connectivity index is 0.000000187. The third-order valence-corrected chi connectivity index (χ3v) is 2.29. The van der Waals surface area contributed by atoms with Crippen LogP contribution in [0.25, 0.3) is 0 Å². The quantitative estimate of drug-likeness (QED) is 0.554. The van der Waals surface area contributed by atoms with Crippen LogP contribution in [0.2, 0.25) is 0 Å². The minimum Gasteiger partial charge on any atom is -0.473 e. The van der Waals surface area contributed by atoms with E-state index >= 15 is 0 Å². The van der Waals surface area contributed by atoms with Crippen molar-refractivity contribution in [2.75, 3.05) is 6.54 Å². The first kappa shape index (κ1) is 12.3. The van der Waals surface area contributed by atoms with E-state index in [1.54, 1.807) is 0 Å². The molecule has 0 spiro atoms. The molecule has 0 fully saturated rings. The molecule has 1 aliphatic rings. The van der Waals surface area contributed by atoms with Gasteiger partial charge in [0.25, 0.3) is 0 Å². The summed E-state index contributed by atoms with van der Waals surface area (Å²) in [6.45, 7) is 4.42. The molecule has 16 heavy (non-hydrogen) atoms. The van der Waals surface area contributed by atoms with Crippen molar-refractivity contribution in [3.8, 4) is 0 Å². The normalized spacial score (nSPS) is 17.9.